The Balaban J connectivity index is 1.67. The highest BCUT2D eigenvalue weighted by atomic mass is 35.5. The molecule has 0 spiro atoms. The summed E-state index contributed by atoms with van der Waals surface area (Å²) in [5.74, 6) is -1.18. The van der Waals surface area contributed by atoms with Gasteiger partial charge in [0.15, 0.2) is 11.9 Å². The molecular weight excluding hydrogens is 386 g/mol. The van der Waals surface area contributed by atoms with E-state index in [2.05, 4.69) is 5.32 Å². The average molecular weight is 402 g/mol. The van der Waals surface area contributed by atoms with Crippen LogP contribution in [0.4, 0.5) is 5.69 Å². The molecule has 0 unspecified atom stereocenters. The van der Waals surface area contributed by atoms with Gasteiger partial charge in [0.05, 0.1) is 5.02 Å². The maximum absolute atomic E-state index is 12.4. The number of amides is 1. The molecule has 27 heavy (non-hydrogen) atoms. The minimum atomic E-state index is -1.01. The first-order valence-corrected chi connectivity index (χ1v) is 9.36. The Morgan fingerprint density at radius 3 is 2.37 bits per heavy atom. The van der Waals surface area contributed by atoms with E-state index < -0.39 is 18.0 Å². The summed E-state index contributed by atoms with van der Waals surface area (Å²) < 4.78 is 6.14. The number of ether oxygens (including phenoxy) is 1. The highest BCUT2D eigenvalue weighted by Gasteiger charge is 2.23. The molecule has 0 saturated heterocycles. The lowest BCUT2D eigenvalue weighted by molar-refractivity contribution is -0.123. The number of carbonyl (C=O) groups excluding carboxylic acids is 3. The molecule has 1 atom stereocenters. The predicted molar refractivity (Wildman–Crippen MR) is 107 cm³/mol. The Labute approximate surface area is 164 Å². The largest absolute Gasteiger partial charge is 0.448 e. The zero-order valence-corrected chi connectivity index (χ0v) is 16.2. The molecule has 1 aromatic heterocycles. The van der Waals surface area contributed by atoms with Crippen LogP contribution in [0.25, 0.3) is 10.1 Å². The van der Waals surface area contributed by atoms with E-state index in [-0.39, 0.29) is 10.7 Å². The number of nitrogens with one attached hydrogen (secondary N) is 1. The van der Waals surface area contributed by atoms with Crippen molar-refractivity contribution in [2.24, 2.45) is 0 Å². The number of halogens is 1. The van der Waals surface area contributed by atoms with Gasteiger partial charge in [0.2, 0.25) is 0 Å². The van der Waals surface area contributed by atoms with E-state index in [0.717, 1.165) is 10.1 Å². The second kappa shape index (κ2) is 7.90. The number of hydrogen-bond donors (Lipinski definition) is 1. The highest BCUT2D eigenvalue weighted by Crippen LogP contribution is 2.35. The van der Waals surface area contributed by atoms with Gasteiger partial charge in [-0.15, -0.1) is 11.3 Å². The number of hydrogen-bond acceptors (Lipinski definition) is 5. The molecule has 0 bridgehead atoms. The van der Waals surface area contributed by atoms with Crippen LogP contribution in [0.1, 0.15) is 33.9 Å². The van der Waals surface area contributed by atoms with Crippen molar-refractivity contribution in [1.29, 1.82) is 0 Å². The van der Waals surface area contributed by atoms with Gasteiger partial charge in [-0.2, -0.15) is 0 Å². The van der Waals surface area contributed by atoms with Gasteiger partial charge >= 0.3 is 5.97 Å². The summed E-state index contributed by atoms with van der Waals surface area (Å²) in [6, 6.07) is 13.9. The lowest BCUT2D eigenvalue weighted by Gasteiger charge is -2.13. The summed E-state index contributed by atoms with van der Waals surface area (Å²) in [4.78, 5) is 36.2. The van der Waals surface area contributed by atoms with Crippen molar-refractivity contribution in [1.82, 2.24) is 0 Å². The molecule has 0 saturated carbocycles. The Bertz CT molecular complexity index is 1030. The van der Waals surface area contributed by atoms with Crippen LogP contribution in [0.3, 0.4) is 0 Å². The second-order valence-electron chi connectivity index (χ2n) is 5.91. The van der Waals surface area contributed by atoms with Gasteiger partial charge in [0, 0.05) is 21.3 Å². The number of carbonyl (C=O) groups is 3. The topological polar surface area (TPSA) is 72.5 Å². The van der Waals surface area contributed by atoms with E-state index >= 15 is 0 Å². The van der Waals surface area contributed by atoms with E-state index in [0.29, 0.717) is 16.3 Å². The van der Waals surface area contributed by atoms with Gasteiger partial charge in [-0.05, 0) is 44.2 Å². The van der Waals surface area contributed by atoms with Crippen LogP contribution >= 0.6 is 22.9 Å². The molecule has 138 valence electrons. The fourth-order valence-electron chi connectivity index (χ4n) is 2.45. The van der Waals surface area contributed by atoms with Crippen molar-refractivity contribution in [3.05, 3.63) is 64.0 Å². The van der Waals surface area contributed by atoms with E-state index in [1.165, 1.54) is 25.2 Å². The molecule has 0 aliphatic rings. The van der Waals surface area contributed by atoms with Gasteiger partial charge in [0.1, 0.15) is 4.88 Å². The van der Waals surface area contributed by atoms with E-state index in [9.17, 15) is 14.4 Å². The number of rotatable bonds is 5. The SMILES string of the molecule is CC(=O)c1ccc(NC(=O)[C@@H](C)OC(=O)c2sc3ccccc3c2Cl)cc1. The number of thiophene rings is 1. The summed E-state index contributed by atoms with van der Waals surface area (Å²) in [6.45, 7) is 2.95. The third kappa shape index (κ3) is 4.18. The fraction of sp³-hybridized carbons (Fsp3) is 0.150. The van der Waals surface area contributed by atoms with Crippen molar-refractivity contribution in [3.63, 3.8) is 0 Å². The monoisotopic (exact) mass is 401 g/mol. The molecule has 1 amide bonds. The molecule has 0 aliphatic heterocycles. The van der Waals surface area contributed by atoms with Crippen LogP contribution in [0.15, 0.2) is 48.5 Å². The Morgan fingerprint density at radius 1 is 1.07 bits per heavy atom. The number of Topliss-reactive ketones (excluding diaryl/α,β-unsaturated/α-hetero) is 1. The minimum Gasteiger partial charge on any atom is -0.448 e. The van der Waals surface area contributed by atoms with Gasteiger partial charge in [-0.1, -0.05) is 29.8 Å². The van der Waals surface area contributed by atoms with Crippen molar-refractivity contribution in [3.8, 4) is 0 Å². The Kier molecular flexibility index (Phi) is 5.58. The van der Waals surface area contributed by atoms with Gasteiger partial charge in [0.25, 0.3) is 5.91 Å². The third-order valence-electron chi connectivity index (χ3n) is 3.93. The molecule has 3 rings (SSSR count). The zero-order chi connectivity index (χ0) is 19.6. The van der Waals surface area contributed by atoms with Crippen LogP contribution in [0, 0.1) is 0 Å². The molecule has 2 aromatic carbocycles. The Hall–Kier alpha value is -2.70. The first kappa shape index (κ1) is 19.1. The molecule has 7 heteroatoms. The molecule has 3 aromatic rings. The van der Waals surface area contributed by atoms with Crippen LogP contribution in [0.2, 0.25) is 5.02 Å². The number of anilines is 1. The fourth-order valence-corrected chi connectivity index (χ4v) is 3.84. The molecule has 0 fully saturated rings. The van der Waals surface area contributed by atoms with E-state index in [1.807, 2.05) is 24.3 Å². The zero-order valence-electron chi connectivity index (χ0n) is 14.6. The van der Waals surface area contributed by atoms with Crippen LogP contribution in [0.5, 0.6) is 0 Å². The smallest absolute Gasteiger partial charge is 0.350 e. The van der Waals surface area contributed by atoms with Crippen LogP contribution < -0.4 is 5.32 Å². The van der Waals surface area contributed by atoms with Gasteiger partial charge in [-0.25, -0.2) is 4.79 Å². The minimum absolute atomic E-state index is 0.0598. The summed E-state index contributed by atoms with van der Waals surface area (Å²) in [7, 11) is 0. The van der Waals surface area contributed by atoms with E-state index in [4.69, 9.17) is 16.3 Å². The predicted octanol–water partition coefficient (Wildman–Crippen LogP) is 4.94. The molecule has 1 heterocycles. The van der Waals surface area contributed by atoms with Crippen LogP contribution in [-0.2, 0) is 9.53 Å². The van der Waals surface area contributed by atoms with Gasteiger partial charge in [-0.3, -0.25) is 9.59 Å². The third-order valence-corrected chi connectivity index (χ3v) is 5.59. The molecule has 0 aliphatic carbocycles. The van der Waals surface area contributed by atoms with Crippen molar-refractivity contribution >= 4 is 56.4 Å². The molecule has 5 nitrogen and oxygen atoms in total. The average Bonchev–Trinajstić information content (AvgIpc) is 2.99. The summed E-state index contributed by atoms with van der Waals surface area (Å²) in [5, 5.41) is 3.75. The lowest BCUT2D eigenvalue weighted by Crippen LogP contribution is -2.29. The molecular formula is C20H16ClNO4S. The van der Waals surface area contributed by atoms with Crippen LogP contribution in [-0.4, -0.2) is 23.8 Å². The standard InChI is InChI=1S/C20H16ClNO4S/c1-11(23)13-7-9-14(10-8-13)22-19(24)12(2)26-20(25)18-17(21)15-5-3-4-6-16(15)27-18/h3-10,12H,1-2H3,(H,22,24)/t12-/m1/s1. The number of ketones is 1. The normalized spacial score (nSPS) is 11.8. The summed E-state index contributed by atoms with van der Waals surface area (Å²) in [5.41, 5.74) is 1.06. The van der Waals surface area contributed by atoms with Crippen molar-refractivity contribution < 1.29 is 19.1 Å². The number of benzene rings is 2. The second-order valence-corrected chi connectivity index (χ2v) is 7.34. The quantitative estimate of drug-likeness (QED) is 0.485. The van der Waals surface area contributed by atoms with E-state index in [1.54, 1.807) is 24.3 Å². The maximum atomic E-state index is 12.4. The van der Waals surface area contributed by atoms with Crippen molar-refractivity contribution in [2.75, 3.05) is 5.32 Å². The highest BCUT2D eigenvalue weighted by molar-refractivity contribution is 7.21. The number of fused-ring (bicyclic) bond motifs is 1. The lowest BCUT2D eigenvalue weighted by atomic mass is 10.1. The molecule has 0 radical (unpaired) electrons. The van der Waals surface area contributed by atoms with Crippen molar-refractivity contribution in [2.45, 2.75) is 20.0 Å². The molecule has 1 N–H and O–H groups in total. The maximum Gasteiger partial charge on any atom is 0.350 e. The first-order valence-electron chi connectivity index (χ1n) is 8.16. The summed E-state index contributed by atoms with van der Waals surface area (Å²) in [6.07, 6.45) is -1.01. The first-order chi connectivity index (χ1) is 12.9. The Morgan fingerprint density at radius 2 is 1.74 bits per heavy atom. The van der Waals surface area contributed by atoms with Gasteiger partial charge < -0.3 is 10.1 Å². The summed E-state index contributed by atoms with van der Waals surface area (Å²) >= 11 is 7.49. The number of esters is 1.